The van der Waals surface area contributed by atoms with Gasteiger partial charge in [-0.15, -0.1) is 0 Å². The van der Waals surface area contributed by atoms with Gasteiger partial charge in [0.05, 0.1) is 18.1 Å². The van der Waals surface area contributed by atoms with Crippen molar-refractivity contribution in [3.05, 3.63) is 48.4 Å². The molecule has 3 aromatic rings. The summed E-state index contributed by atoms with van der Waals surface area (Å²) in [7, 11) is 0. The molecule has 0 bridgehead atoms. The van der Waals surface area contributed by atoms with E-state index in [9.17, 15) is 4.79 Å². The molecule has 0 spiro atoms. The first-order valence-electron chi connectivity index (χ1n) is 9.96. The Morgan fingerprint density at radius 2 is 2.19 bits per heavy atom. The van der Waals surface area contributed by atoms with Crippen LogP contribution in [0.3, 0.4) is 0 Å². The Morgan fingerprint density at radius 1 is 1.35 bits per heavy atom. The van der Waals surface area contributed by atoms with Gasteiger partial charge in [0.1, 0.15) is 24.3 Å². The molecule has 1 aliphatic rings. The van der Waals surface area contributed by atoms with Gasteiger partial charge < -0.3 is 20.5 Å². The minimum Gasteiger partial charge on any atom is -0.476 e. The van der Waals surface area contributed by atoms with E-state index in [-0.39, 0.29) is 5.91 Å². The molecule has 10 heteroatoms. The first-order chi connectivity index (χ1) is 15.1. The number of benzene rings is 1. The maximum absolute atomic E-state index is 11.6. The van der Waals surface area contributed by atoms with Crippen LogP contribution in [-0.2, 0) is 9.53 Å². The zero-order chi connectivity index (χ0) is 21.6. The molecule has 1 aliphatic heterocycles. The molecular formula is C21H24N6O3S. The number of nitrogens with one attached hydrogen (secondary N) is 1. The van der Waals surface area contributed by atoms with Crippen molar-refractivity contribution in [1.29, 1.82) is 0 Å². The third-order valence-corrected chi connectivity index (χ3v) is 5.77. The van der Waals surface area contributed by atoms with Crippen LogP contribution in [0, 0.1) is 6.92 Å². The van der Waals surface area contributed by atoms with Crippen LogP contribution < -0.4 is 15.8 Å². The van der Waals surface area contributed by atoms with E-state index in [0.29, 0.717) is 50.4 Å². The van der Waals surface area contributed by atoms with Crippen molar-refractivity contribution in [1.82, 2.24) is 19.9 Å². The number of carbonyl (C=O) groups excluding carboxylic acids is 1. The van der Waals surface area contributed by atoms with E-state index in [1.807, 2.05) is 29.3 Å². The quantitative estimate of drug-likeness (QED) is 0.548. The summed E-state index contributed by atoms with van der Waals surface area (Å²) in [6, 6.07) is 11.4. The molecule has 0 radical (unpaired) electrons. The van der Waals surface area contributed by atoms with E-state index in [4.69, 9.17) is 15.2 Å². The van der Waals surface area contributed by atoms with E-state index in [2.05, 4.69) is 32.4 Å². The maximum atomic E-state index is 11.6. The van der Waals surface area contributed by atoms with Crippen LogP contribution in [0.4, 0.5) is 10.9 Å². The van der Waals surface area contributed by atoms with Crippen LogP contribution in [0.15, 0.2) is 42.6 Å². The summed E-state index contributed by atoms with van der Waals surface area (Å²) < 4.78 is 11.2. The highest BCUT2D eigenvalue weighted by atomic mass is 32.1. The number of aryl methyl sites for hydroxylation is 1. The lowest BCUT2D eigenvalue weighted by atomic mass is 10.2. The summed E-state index contributed by atoms with van der Waals surface area (Å²) in [5.74, 6) is 1.26. The SMILES string of the molecule is Cc1nc(Nc2ncc(-c3ccccc3)s2)cc(OCCN2CCOCC2C(N)=O)n1. The Bertz CT molecular complexity index is 1030. The molecule has 162 valence electrons. The molecule has 0 saturated carbocycles. The average molecular weight is 441 g/mol. The summed E-state index contributed by atoms with van der Waals surface area (Å²) >= 11 is 1.55. The molecular weight excluding hydrogens is 416 g/mol. The number of anilines is 2. The predicted molar refractivity (Wildman–Crippen MR) is 118 cm³/mol. The Morgan fingerprint density at radius 3 is 3.00 bits per heavy atom. The first-order valence-corrected chi connectivity index (χ1v) is 10.8. The van der Waals surface area contributed by atoms with Crippen molar-refractivity contribution in [2.24, 2.45) is 5.73 Å². The predicted octanol–water partition coefficient (Wildman–Crippen LogP) is 2.22. The van der Waals surface area contributed by atoms with E-state index < -0.39 is 6.04 Å². The number of primary amides is 1. The number of aromatic nitrogens is 3. The van der Waals surface area contributed by atoms with Gasteiger partial charge in [-0.1, -0.05) is 41.7 Å². The summed E-state index contributed by atoms with van der Waals surface area (Å²) in [6.07, 6.45) is 1.84. The van der Waals surface area contributed by atoms with Gasteiger partial charge in [-0.05, 0) is 12.5 Å². The summed E-state index contributed by atoms with van der Waals surface area (Å²) in [6.45, 7) is 4.25. The number of ether oxygens (including phenoxy) is 2. The number of hydrogen-bond donors (Lipinski definition) is 2. The van der Waals surface area contributed by atoms with Crippen LogP contribution in [-0.4, -0.2) is 64.7 Å². The smallest absolute Gasteiger partial charge is 0.237 e. The average Bonchev–Trinajstić information content (AvgIpc) is 3.23. The molecule has 1 saturated heterocycles. The Hall–Kier alpha value is -3.08. The van der Waals surface area contributed by atoms with Gasteiger partial charge in [0.15, 0.2) is 5.13 Å². The van der Waals surface area contributed by atoms with Gasteiger partial charge in [-0.2, -0.15) is 4.98 Å². The highest BCUT2D eigenvalue weighted by Gasteiger charge is 2.27. The number of rotatable bonds is 8. The normalized spacial score (nSPS) is 16.7. The molecule has 3 N–H and O–H groups in total. The Kier molecular flexibility index (Phi) is 6.70. The van der Waals surface area contributed by atoms with Crippen molar-refractivity contribution in [3.63, 3.8) is 0 Å². The topological polar surface area (TPSA) is 115 Å². The van der Waals surface area contributed by atoms with Gasteiger partial charge in [0.25, 0.3) is 0 Å². The zero-order valence-electron chi connectivity index (χ0n) is 17.2. The van der Waals surface area contributed by atoms with E-state index in [0.717, 1.165) is 15.6 Å². The molecule has 4 rings (SSSR count). The van der Waals surface area contributed by atoms with Crippen LogP contribution in [0.25, 0.3) is 10.4 Å². The molecule has 3 heterocycles. The van der Waals surface area contributed by atoms with Gasteiger partial charge in [0.2, 0.25) is 11.8 Å². The van der Waals surface area contributed by atoms with Crippen LogP contribution >= 0.6 is 11.3 Å². The summed E-state index contributed by atoms with van der Waals surface area (Å²) in [5, 5.41) is 3.96. The minimum atomic E-state index is -0.426. The third-order valence-electron chi connectivity index (χ3n) is 4.81. The van der Waals surface area contributed by atoms with Crippen LogP contribution in [0.1, 0.15) is 5.82 Å². The summed E-state index contributed by atoms with van der Waals surface area (Å²) in [4.78, 5) is 27.8. The molecule has 9 nitrogen and oxygen atoms in total. The minimum absolute atomic E-state index is 0.314. The van der Waals surface area contributed by atoms with Gasteiger partial charge in [0, 0.05) is 25.4 Å². The molecule has 0 aliphatic carbocycles. The number of nitrogens with two attached hydrogens (primary N) is 1. The number of thiazole rings is 1. The van der Waals surface area contributed by atoms with Crippen molar-refractivity contribution in [2.75, 3.05) is 38.2 Å². The number of morpholine rings is 1. The second kappa shape index (κ2) is 9.82. The highest BCUT2D eigenvalue weighted by molar-refractivity contribution is 7.18. The lowest BCUT2D eigenvalue weighted by Crippen LogP contribution is -2.53. The monoisotopic (exact) mass is 440 g/mol. The second-order valence-corrected chi connectivity index (χ2v) is 8.07. The molecule has 2 aromatic heterocycles. The fourth-order valence-electron chi connectivity index (χ4n) is 3.29. The highest BCUT2D eigenvalue weighted by Crippen LogP contribution is 2.30. The second-order valence-electron chi connectivity index (χ2n) is 7.04. The fraction of sp³-hybridized carbons (Fsp3) is 0.333. The van der Waals surface area contributed by atoms with Gasteiger partial charge in [-0.3, -0.25) is 9.69 Å². The first kappa shape index (κ1) is 21.2. The van der Waals surface area contributed by atoms with Crippen LogP contribution in [0.5, 0.6) is 5.88 Å². The fourth-order valence-corrected chi connectivity index (χ4v) is 4.12. The van der Waals surface area contributed by atoms with Gasteiger partial charge >= 0.3 is 0 Å². The van der Waals surface area contributed by atoms with Crippen molar-refractivity contribution >= 4 is 28.2 Å². The lowest BCUT2D eigenvalue weighted by Gasteiger charge is -2.33. The largest absolute Gasteiger partial charge is 0.476 e. The standard InChI is InChI=1S/C21H24N6O3S/c1-14-24-18(26-21-23-12-17(31-21)15-5-3-2-4-6-15)11-19(25-14)30-10-8-27-7-9-29-13-16(27)20(22)28/h2-6,11-12,16H,7-10,13H2,1H3,(H2,22,28)(H,23,24,25,26). The van der Waals surface area contributed by atoms with Crippen LogP contribution in [0.2, 0.25) is 0 Å². The molecule has 1 fully saturated rings. The zero-order valence-corrected chi connectivity index (χ0v) is 18.0. The molecule has 1 aromatic carbocycles. The van der Waals surface area contributed by atoms with Crippen molar-refractivity contribution < 1.29 is 14.3 Å². The van der Waals surface area contributed by atoms with E-state index in [1.165, 1.54) is 0 Å². The molecule has 31 heavy (non-hydrogen) atoms. The van der Waals surface area contributed by atoms with Crippen molar-refractivity contribution in [3.8, 4) is 16.3 Å². The number of amides is 1. The van der Waals surface area contributed by atoms with Crippen molar-refractivity contribution in [2.45, 2.75) is 13.0 Å². The lowest BCUT2D eigenvalue weighted by molar-refractivity contribution is -0.129. The Balaban J connectivity index is 1.37. The number of carbonyl (C=O) groups is 1. The number of nitrogens with zero attached hydrogens (tertiary/aromatic N) is 4. The van der Waals surface area contributed by atoms with E-state index >= 15 is 0 Å². The molecule has 1 atom stereocenters. The van der Waals surface area contributed by atoms with E-state index in [1.54, 1.807) is 24.3 Å². The third kappa shape index (κ3) is 5.54. The maximum Gasteiger partial charge on any atom is 0.237 e. The van der Waals surface area contributed by atoms with Gasteiger partial charge in [-0.25, -0.2) is 9.97 Å². The Labute approximate surface area is 184 Å². The number of hydrogen-bond acceptors (Lipinski definition) is 9. The molecule has 1 unspecified atom stereocenters. The summed E-state index contributed by atoms with van der Waals surface area (Å²) in [5.41, 5.74) is 6.58. The molecule has 1 amide bonds.